The minimum atomic E-state index is 0.306. The second-order valence-electron chi connectivity index (χ2n) is 4.74. The third kappa shape index (κ3) is 2.27. The minimum Gasteiger partial charge on any atom is -0.384 e. The van der Waals surface area contributed by atoms with Crippen LogP contribution in [0.3, 0.4) is 0 Å². The molecular formula is C14H15N5. The van der Waals surface area contributed by atoms with Gasteiger partial charge in [0.15, 0.2) is 5.65 Å². The summed E-state index contributed by atoms with van der Waals surface area (Å²) in [5, 5.41) is 10.7. The van der Waals surface area contributed by atoms with E-state index in [2.05, 4.69) is 51.6 Å². The van der Waals surface area contributed by atoms with Crippen LogP contribution >= 0.6 is 0 Å². The number of rotatable bonds is 3. The number of benzene rings is 1. The van der Waals surface area contributed by atoms with Crippen LogP contribution < -0.4 is 5.73 Å². The zero-order chi connectivity index (χ0) is 13.2. The zero-order valence-corrected chi connectivity index (χ0v) is 10.7. The molecule has 3 aromatic rings. The van der Waals surface area contributed by atoms with Crippen LogP contribution in [0.5, 0.6) is 0 Å². The van der Waals surface area contributed by atoms with Gasteiger partial charge in [0.1, 0.15) is 11.3 Å². The molecule has 0 saturated heterocycles. The van der Waals surface area contributed by atoms with Gasteiger partial charge in [-0.2, -0.15) is 0 Å². The predicted molar refractivity (Wildman–Crippen MR) is 74.7 cm³/mol. The number of nitrogen functional groups attached to an aromatic ring is 1. The molecule has 0 aliphatic rings. The van der Waals surface area contributed by atoms with Crippen LogP contribution in [0.4, 0.5) is 5.82 Å². The van der Waals surface area contributed by atoms with Gasteiger partial charge in [-0.15, -0.1) is 5.10 Å². The third-order valence-corrected chi connectivity index (χ3v) is 3.26. The standard InChI is InChI=1S/C14H15N5/c1-9(7-10-5-3-2-4-6-10)11-8-12(15)16-14-13(11)17-19-18-14/h2-6,8-9H,7H2,1H3,(H3,15,16,17,18,19). The van der Waals surface area contributed by atoms with E-state index < -0.39 is 0 Å². The number of fused-ring (bicyclic) bond motifs is 1. The number of H-pyrrole nitrogens is 1. The van der Waals surface area contributed by atoms with Gasteiger partial charge in [0.2, 0.25) is 0 Å². The quantitative estimate of drug-likeness (QED) is 0.750. The van der Waals surface area contributed by atoms with E-state index in [1.54, 1.807) is 0 Å². The summed E-state index contributed by atoms with van der Waals surface area (Å²) in [5.74, 6) is 0.800. The van der Waals surface area contributed by atoms with Crippen molar-refractivity contribution in [2.45, 2.75) is 19.3 Å². The molecule has 5 heteroatoms. The molecule has 0 bridgehead atoms. The molecule has 0 radical (unpaired) electrons. The van der Waals surface area contributed by atoms with Gasteiger partial charge in [0, 0.05) is 0 Å². The molecule has 0 fully saturated rings. The number of pyridine rings is 1. The van der Waals surface area contributed by atoms with E-state index >= 15 is 0 Å². The largest absolute Gasteiger partial charge is 0.384 e. The lowest BCUT2D eigenvalue weighted by molar-refractivity contribution is 0.762. The number of aromatic amines is 1. The van der Waals surface area contributed by atoms with Gasteiger partial charge in [-0.1, -0.05) is 42.5 Å². The molecular weight excluding hydrogens is 238 g/mol. The van der Waals surface area contributed by atoms with E-state index in [0.717, 1.165) is 17.5 Å². The van der Waals surface area contributed by atoms with Crippen molar-refractivity contribution in [2.24, 2.45) is 0 Å². The molecule has 19 heavy (non-hydrogen) atoms. The molecule has 96 valence electrons. The van der Waals surface area contributed by atoms with Crippen molar-refractivity contribution < 1.29 is 0 Å². The van der Waals surface area contributed by atoms with E-state index in [1.165, 1.54) is 5.56 Å². The highest BCUT2D eigenvalue weighted by atomic mass is 15.3. The average Bonchev–Trinajstić information content (AvgIpc) is 2.86. The van der Waals surface area contributed by atoms with Gasteiger partial charge >= 0.3 is 0 Å². The Kier molecular flexibility index (Phi) is 2.87. The van der Waals surface area contributed by atoms with Crippen LogP contribution in [-0.2, 0) is 6.42 Å². The van der Waals surface area contributed by atoms with Crippen LogP contribution in [0.25, 0.3) is 11.2 Å². The number of nitrogens with two attached hydrogens (primary N) is 1. The maximum absolute atomic E-state index is 5.83. The smallest absolute Gasteiger partial charge is 0.178 e. The third-order valence-electron chi connectivity index (χ3n) is 3.26. The van der Waals surface area contributed by atoms with Crippen LogP contribution in [0, 0.1) is 0 Å². The lowest BCUT2D eigenvalue weighted by atomic mass is 9.93. The molecule has 0 aliphatic carbocycles. The first kappa shape index (κ1) is 11.6. The number of hydrogen-bond donors (Lipinski definition) is 2. The number of nitrogens with zero attached hydrogens (tertiary/aromatic N) is 3. The molecule has 2 heterocycles. The Hall–Kier alpha value is -2.43. The monoisotopic (exact) mass is 253 g/mol. The fourth-order valence-electron chi connectivity index (χ4n) is 2.34. The summed E-state index contributed by atoms with van der Waals surface area (Å²) in [5.41, 5.74) is 9.66. The predicted octanol–water partition coefficient (Wildman–Crippen LogP) is 2.28. The summed E-state index contributed by atoms with van der Waals surface area (Å²) in [6.07, 6.45) is 0.937. The molecule has 1 atom stereocenters. The van der Waals surface area contributed by atoms with Crippen molar-refractivity contribution >= 4 is 17.0 Å². The Balaban J connectivity index is 1.97. The van der Waals surface area contributed by atoms with E-state index in [4.69, 9.17) is 5.73 Å². The van der Waals surface area contributed by atoms with Crippen molar-refractivity contribution in [3.63, 3.8) is 0 Å². The first-order chi connectivity index (χ1) is 9.24. The van der Waals surface area contributed by atoms with Crippen LogP contribution in [0.15, 0.2) is 36.4 Å². The molecule has 0 amide bonds. The zero-order valence-electron chi connectivity index (χ0n) is 10.7. The van der Waals surface area contributed by atoms with E-state index in [-0.39, 0.29) is 0 Å². The van der Waals surface area contributed by atoms with Crippen molar-refractivity contribution in [2.75, 3.05) is 5.73 Å². The lowest BCUT2D eigenvalue weighted by Gasteiger charge is -2.12. The number of nitrogens with one attached hydrogen (secondary N) is 1. The molecule has 1 aromatic carbocycles. The highest BCUT2D eigenvalue weighted by Gasteiger charge is 2.14. The van der Waals surface area contributed by atoms with Crippen molar-refractivity contribution in [3.05, 3.63) is 47.5 Å². The molecule has 1 unspecified atom stereocenters. The first-order valence-corrected chi connectivity index (χ1v) is 6.25. The van der Waals surface area contributed by atoms with Crippen LogP contribution in [0.1, 0.15) is 24.0 Å². The number of aromatic nitrogens is 4. The number of anilines is 1. The topological polar surface area (TPSA) is 80.5 Å². The van der Waals surface area contributed by atoms with Gasteiger partial charge < -0.3 is 5.73 Å². The maximum Gasteiger partial charge on any atom is 0.178 e. The maximum atomic E-state index is 5.83. The molecule has 5 nitrogen and oxygen atoms in total. The molecule has 2 aromatic heterocycles. The Morgan fingerprint density at radius 2 is 2.05 bits per heavy atom. The fourth-order valence-corrected chi connectivity index (χ4v) is 2.34. The summed E-state index contributed by atoms with van der Waals surface area (Å²) in [6, 6.07) is 12.3. The SMILES string of the molecule is CC(Cc1ccccc1)c1cc(N)nc2[nH]nnc12. The van der Waals surface area contributed by atoms with Gasteiger partial charge in [0.05, 0.1) is 0 Å². The van der Waals surface area contributed by atoms with Crippen molar-refractivity contribution in [1.82, 2.24) is 20.4 Å². The normalized spacial score (nSPS) is 12.7. The van der Waals surface area contributed by atoms with Gasteiger partial charge in [-0.3, -0.25) is 0 Å². The molecule has 0 spiro atoms. The fraction of sp³-hybridized carbons (Fsp3) is 0.214. The molecule has 0 saturated carbocycles. The Morgan fingerprint density at radius 1 is 1.26 bits per heavy atom. The molecule has 3 N–H and O–H groups in total. The van der Waals surface area contributed by atoms with E-state index in [1.807, 2.05) is 12.1 Å². The second kappa shape index (κ2) is 4.68. The highest BCUT2D eigenvalue weighted by molar-refractivity contribution is 5.76. The average molecular weight is 253 g/mol. The summed E-state index contributed by atoms with van der Waals surface area (Å²) < 4.78 is 0. The van der Waals surface area contributed by atoms with Gasteiger partial charge in [-0.05, 0) is 29.5 Å². The van der Waals surface area contributed by atoms with Crippen LogP contribution in [-0.4, -0.2) is 20.4 Å². The Bertz CT molecular complexity index is 689. The van der Waals surface area contributed by atoms with Crippen LogP contribution in [0.2, 0.25) is 0 Å². The van der Waals surface area contributed by atoms with E-state index in [9.17, 15) is 0 Å². The summed E-state index contributed by atoms with van der Waals surface area (Å²) in [6.45, 7) is 2.16. The van der Waals surface area contributed by atoms with Crippen molar-refractivity contribution in [3.8, 4) is 0 Å². The van der Waals surface area contributed by atoms with Gasteiger partial charge in [-0.25, -0.2) is 10.1 Å². The molecule has 0 aliphatic heterocycles. The lowest BCUT2D eigenvalue weighted by Crippen LogP contribution is -2.02. The van der Waals surface area contributed by atoms with Gasteiger partial charge in [0.25, 0.3) is 0 Å². The van der Waals surface area contributed by atoms with Crippen molar-refractivity contribution in [1.29, 1.82) is 0 Å². The summed E-state index contributed by atoms with van der Waals surface area (Å²) >= 11 is 0. The van der Waals surface area contributed by atoms with E-state index in [0.29, 0.717) is 17.4 Å². The first-order valence-electron chi connectivity index (χ1n) is 6.25. The minimum absolute atomic E-state index is 0.306. The highest BCUT2D eigenvalue weighted by Crippen LogP contribution is 2.26. The second-order valence-corrected chi connectivity index (χ2v) is 4.74. The summed E-state index contributed by atoms with van der Waals surface area (Å²) in [7, 11) is 0. The molecule has 3 rings (SSSR count). The summed E-state index contributed by atoms with van der Waals surface area (Å²) in [4.78, 5) is 4.18. The number of hydrogen-bond acceptors (Lipinski definition) is 4. The Morgan fingerprint density at radius 3 is 2.84 bits per heavy atom. The Labute approximate surface area is 110 Å².